The van der Waals surface area contributed by atoms with Crippen molar-refractivity contribution in [1.29, 1.82) is 0 Å². The summed E-state index contributed by atoms with van der Waals surface area (Å²) in [7, 11) is 0. The van der Waals surface area contributed by atoms with Gasteiger partial charge in [-0.25, -0.2) is 0 Å². The van der Waals surface area contributed by atoms with Crippen molar-refractivity contribution in [2.45, 2.75) is 26.3 Å². The number of nitrogens with zero attached hydrogens (tertiary/aromatic N) is 1. The number of likely N-dealkylation sites (tertiary alicyclic amines) is 1. The Morgan fingerprint density at radius 3 is 2.44 bits per heavy atom. The van der Waals surface area contributed by atoms with Gasteiger partial charge in [0.15, 0.2) is 0 Å². The summed E-state index contributed by atoms with van der Waals surface area (Å²) in [5, 5.41) is 0. The van der Waals surface area contributed by atoms with E-state index in [0.29, 0.717) is 12.0 Å². The second-order valence-electron chi connectivity index (χ2n) is 2.99. The van der Waals surface area contributed by atoms with Crippen molar-refractivity contribution in [2.24, 2.45) is 5.92 Å². The molecule has 0 aliphatic carbocycles. The first kappa shape index (κ1) is 6.59. The molecule has 0 saturated carbocycles. The molecule has 0 spiro atoms. The van der Waals surface area contributed by atoms with Crippen molar-refractivity contribution in [3.63, 3.8) is 0 Å². The van der Waals surface area contributed by atoms with E-state index in [1.54, 1.807) is 0 Å². The smallest absolute Gasteiger partial charge is 0.209 e. The minimum Gasteiger partial charge on any atom is -0.342 e. The van der Waals surface area contributed by atoms with Gasteiger partial charge in [0, 0.05) is 12.6 Å². The Balaban J connectivity index is 2.47. The van der Waals surface area contributed by atoms with Gasteiger partial charge in [0.05, 0.1) is 0 Å². The fourth-order valence-electron chi connectivity index (χ4n) is 1.48. The monoisotopic (exact) mass is 127 g/mol. The summed E-state index contributed by atoms with van der Waals surface area (Å²) in [4.78, 5) is 12.2. The van der Waals surface area contributed by atoms with E-state index in [4.69, 9.17) is 0 Å². The molecule has 0 bridgehead atoms. The summed E-state index contributed by atoms with van der Waals surface area (Å²) in [6, 6.07) is 0.470. The molecule has 2 atom stereocenters. The largest absolute Gasteiger partial charge is 0.342 e. The third kappa shape index (κ3) is 1.23. The first-order valence-electron chi connectivity index (χ1n) is 3.45. The molecule has 52 valence electrons. The molecule has 0 unspecified atom stereocenters. The minimum atomic E-state index is 0.470. The number of amides is 1. The van der Waals surface area contributed by atoms with Gasteiger partial charge in [0.1, 0.15) is 0 Å². The maximum absolute atomic E-state index is 10.3. The zero-order chi connectivity index (χ0) is 6.85. The lowest BCUT2D eigenvalue weighted by molar-refractivity contribution is -0.118. The van der Waals surface area contributed by atoms with Gasteiger partial charge in [-0.2, -0.15) is 0 Å². The molecule has 0 aromatic heterocycles. The highest BCUT2D eigenvalue weighted by molar-refractivity contribution is 5.48. The molecule has 9 heavy (non-hydrogen) atoms. The second kappa shape index (κ2) is 2.38. The summed E-state index contributed by atoms with van der Waals surface area (Å²) in [6.07, 6.45) is 2.12. The Morgan fingerprint density at radius 1 is 1.56 bits per heavy atom. The van der Waals surface area contributed by atoms with E-state index < -0.39 is 0 Å². The lowest BCUT2D eigenvalue weighted by Crippen LogP contribution is -2.24. The number of carbonyl (C=O) groups is 1. The second-order valence-corrected chi connectivity index (χ2v) is 2.99. The summed E-state index contributed by atoms with van der Waals surface area (Å²) in [6.45, 7) is 5.22. The Labute approximate surface area is 55.8 Å². The van der Waals surface area contributed by atoms with Crippen LogP contribution in [0, 0.1) is 5.92 Å². The van der Waals surface area contributed by atoms with Gasteiger partial charge >= 0.3 is 0 Å². The van der Waals surface area contributed by atoms with Crippen LogP contribution in [0.4, 0.5) is 0 Å². The summed E-state index contributed by atoms with van der Waals surface area (Å²) in [5.41, 5.74) is 0. The van der Waals surface area contributed by atoms with E-state index in [1.807, 2.05) is 4.90 Å². The van der Waals surface area contributed by atoms with Crippen molar-refractivity contribution in [1.82, 2.24) is 4.90 Å². The molecular formula is C7H13NO. The zero-order valence-corrected chi connectivity index (χ0v) is 6.00. The predicted molar refractivity (Wildman–Crippen MR) is 36.0 cm³/mol. The Hall–Kier alpha value is -0.530. The van der Waals surface area contributed by atoms with Crippen molar-refractivity contribution in [3.05, 3.63) is 0 Å². The lowest BCUT2D eigenvalue weighted by Gasteiger charge is -2.13. The van der Waals surface area contributed by atoms with Crippen LogP contribution < -0.4 is 0 Å². The van der Waals surface area contributed by atoms with Crippen LogP contribution in [0.2, 0.25) is 0 Å². The fraction of sp³-hybridized carbons (Fsp3) is 0.857. The number of hydrogen-bond donors (Lipinski definition) is 0. The zero-order valence-electron chi connectivity index (χ0n) is 6.00. The van der Waals surface area contributed by atoms with Gasteiger partial charge < -0.3 is 4.90 Å². The SMILES string of the molecule is C[C@@H]1C[C@@H](C)N(C=O)C1. The molecule has 0 radical (unpaired) electrons. The Kier molecular flexibility index (Phi) is 1.74. The van der Waals surface area contributed by atoms with Crippen LogP contribution in [-0.2, 0) is 4.79 Å². The molecule has 2 nitrogen and oxygen atoms in total. The first-order valence-corrected chi connectivity index (χ1v) is 3.45. The highest BCUT2D eigenvalue weighted by Crippen LogP contribution is 2.19. The molecule has 0 N–H and O–H groups in total. The third-order valence-corrected chi connectivity index (χ3v) is 1.97. The maximum Gasteiger partial charge on any atom is 0.209 e. The Bertz CT molecular complexity index is 113. The molecule has 0 aromatic rings. The maximum atomic E-state index is 10.3. The molecule has 1 heterocycles. The van der Waals surface area contributed by atoms with E-state index >= 15 is 0 Å². The van der Waals surface area contributed by atoms with Gasteiger partial charge in [-0.1, -0.05) is 6.92 Å². The average molecular weight is 127 g/mol. The fourth-order valence-corrected chi connectivity index (χ4v) is 1.48. The number of rotatable bonds is 1. The van der Waals surface area contributed by atoms with Crippen LogP contribution in [0.25, 0.3) is 0 Å². The average Bonchev–Trinajstić information content (AvgIpc) is 2.10. The Morgan fingerprint density at radius 2 is 2.22 bits per heavy atom. The summed E-state index contributed by atoms with van der Waals surface area (Å²) in [5.74, 6) is 0.699. The van der Waals surface area contributed by atoms with E-state index in [2.05, 4.69) is 13.8 Å². The van der Waals surface area contributed by atoms with Gasteiger partial charge in [0.2, 0.25) is 6.41 Å². The molecule has 1 aliphatic heterocycles. The van der Waals surface area contributed by atoms with Crippen molar-refractivity contribution in [2.75, 3.05) is 6.54 Å². The molecule has 1 saturated heterocycles. The van der Waals surface area contributed by atoms with Crippen LogP contribution in [0.15, 0.2) is 0 Å². The topological polar surface area (TPSA) is 20.3 Å². The summed E-state index contributed by atoms with van der Waals surface area (Å²) >= 11 is 0. The van der Waals surface area contributed by atoms with Crippen LogP contribution in [0.5, 0.6) is 0 Å². The molecule has 1 amide bonds. The lowest BCUT2D eigenvalue weighted by atomic mass is 10.1. The number of hydrogen-bond acceptors (Lipinski definition) is 1. The summed E-state index contributed by atoms with van der Waals surface area (Å²) < 4.78 is 0. The third-order valence-electron chi connectivity index (χ3n) is 1.97. The van der Waals surface area contributed by atoms with Crippen LogP contribution >= 0.6 is 0 Å². The highest BCUT2D eigenvalue weighted by atomic mass is 16.1. The molecule has 1 rings (SSSR count). The van der Waals surface area contributed by atoms with E-state index in [9.17, 15) is 4.79 Å². The van der Waals surface area contributed by atoms with Crippen molar-refractivity contribution >= 4 is 6.41 Å². The van der Waals surface area contributed by atoms with Gasteiger partial charge in [0.25, 0.3) is 0 Å². The number of carbonyl (C=O) groups excluding carboxylic acids is 1. The van der Waals surface area contributed by atoms with E-state index in [0.717, 1.165) is 13.0 Å². The van der Waals surface area contributed by atoms with E-state index in [1.165, 1.54) is 6.42 Å². The van der Waals surface area contributed by atoms with E-state index in [-0.39, 0.29) is 0 Å². The highest BCUT2D eigenvalue weighted by Gasteiger charge is 2.23. The van der Waals surface area contributed by atoms with Crippen LogP contribution in [0.1, 0.15) is 20.3 Å². The van der Waals surface area contributed by atoms with Gasteiger partial charge in [-0.15, -0.1) is 0 Å². The van der Waals surface area contributed by atoms with Crippen LogP contribution in [0.3, 0.4) is 0 Å². The molecular weight excluding hydrogens is 114 g/mol. The first-order chi connectivity index (χ1) is 4.24. The van der Waals surface area contributed by atoms with Gasteiger partial charge in [-0.3, -0.25) is 4.79 Å². The minimum absolute atomic E-state index is 0.470. The molecule has 0 aromatic carbocycles. The van der Waals surface area contributed by atoms with Gasteiger partial charge in [-0.05, 0) is 19.3 Å². The van der Waals surface area contributed by atoms with Crippen molar-refractivity contribution < 1.29 is 4.79 Å². The predicted octanol–water partition coefficient (Wildman–Crippen LogP) is 0.873. The molecule has 2 heteroatoms. The standard InChI is InChI=1S/C7H13NO/c1-6-3-7(2)8(4-6)5-9/h5-7H,3-4H2,1-2H3/t6-,7-/m1/s1. The van der Waals surface area contributed by atoms with Crippen molar-refractivity contribution in [3.8, 4) is 0 Å². The van der Waals surface area contributed by atoms with Crippen LogP contribution in [-0.4, -0.2) is 23.9 Å². The normalized spacial score (nSPS) is 35.1. The molecule has 1 fully saturated rings. The molecule has 1 aliphatic rings. The quantitative estimate of drug-likeness (QED) is 0.479.